The molecule has 0 aliphatic heterocycles. The summed E-state index contributed by atoms with van der Waals surface area (Å²) < 4.78 is 5.76. The third-order valence-corrected chi connectivity index (χ3v) is 4.97. The molecule has 24 heavy (non-hydrogen) atoms. The molecule has 0 unspecified atom stereocenters. The van der Waals surface area contributed by atoms with Gasteiger partial charge in [-0.15, -0.1) is 11.3 Å². The molecule has 0 atom stereocenters. The number of nitrogens with zero attached hydrogens (tertiary/aromatic N) is 1. The first-order valence-electron chi connectivity index (χ1n) is 7.34. The first-order valence-corrected chi connectivity index (χ1v) is 9.01. The largest absolute Gasteiger partial charge is 0.503 e. The highest BCUT2D eigenvalue weighted by molar-refractivity contribution is 9.10. The minimum atomic E-state index is 0.102. The van der Waals surface area contributed by atoms with E-state index in [4.69, 9.17) is 4.74 Å². The predicted molar refractivity (Wildman–Crippen MR) is 104 cm³/mol. The van der Waals surface area contributed by atoms with Crippen LogP contribution in [0.1, 0.15) is 16.1 Å². The Morgan fingerprint density at radius 1 is 1.17 bits per heavy atom. The zero-order chi connectivity index (χ0) is 17.1. The summed E-state index contributed by atoms with van der Waals surface area (Å²) >= 11 is 4.92. The second kappa shape index (κ2) is 7.20. The van der Waals surface area contributed by atoms with Crippen LogP contribution in [0.25, 0.3) is 23.4 Å². The summed E-state index contributed by atoms with van der Waals surface area (Å²) in [5.74, 6) is 0.536. The lowest BCUT2D eigenvalue weighted by molar-refractivity contribution is 0.372. The van der Waals surface area contributed by atoms with Crippen molar-refractivity contribution in [2.24, 2.45) is 0 Å². The van der Waals surface area contributed by atoms with Crippen molar-refractivity contribution in [2.45, 2.75) is 6.92 Å². The third kappa shape index (κ3) is 3.68. The van der Waals surface area contributed by atoms with Crippen molar-refractivity contribution in [3.05, 3.63) is 62.4 Å². The van der Waals surface area contributed by atoms with E-state index in [1.165, 1.54) is 12.7 Å². The number of aryl methyl sites for hydroxylation is 1. The maximum absolute atomic E-state index is 9.85. The van der Waals surface area contributed by atoms with Gasteiger partial charge in [0.05, 0.1) is 17.3 Å². The summed E-state index contributed by atoms with van der Waals surface area (Å²) in [6.07, 6.45) is 3.91. The molecular weight excluding hydrogens is 386 g/mol. The first-order chi connectivity index (χ1) is 11.6. The second-order valence-corrected chi connectivity index (χ2v) is 7.07. The number of hydrogen-bond acceptors (Lipinski definition) is 4. The van der Waals surface area contributed by atoms with Crippen molar-refractivity contribution < 1.29 is 9.84 Å². The number of phenolic OH excluding ortho intramolecular Hbond substituents is 1. The Labute approximate surface area is 153 Å². The van der Waals surface area contributed by atoms with E-state index >= 15 is 0 Å². The van der Waals surface area contributed by atoms with Gasteiger partial charge in [-0.1, -0.05) is 35.9 Å². The van der Waals surface area contributed by atoms with Crippen LogP contribution in [-0.2, 0) is 0 Å². The number of ether oxygens (including phenoxy) is 1. The number of rotatable bonds is 4. The fourth-order valence-corrected chi connectivity index (χ4v) is 3.41. The minimum absolute atomic E-state index is 0.102. The van der Waals surface area contributed by atoms with Crippen LogP contribution in [0.4, 0.5) is 0 Å². The number of methoxy groups -OCH3 is 1. The molecule has 2 aromatic carbocycles. The Morgan fingerprint density at radius 3 is 2.62 bits per heavy atom. The van der Waals surface area contributed by atoms with Crippen LogP contribution in [0.15, 0.2) is 46.3 Å². The lowest BCUT2D eigenvalue weighted by atomic mass is 10.1. The summed E-state index contributed by atoms with van der Waals surface area (Å²) in [6.45, 7) is 2.07. The van der Waals surface area contributed by atoms with E-state index in [1.54, 1.807) is 17.4 Å². The summed E-state index contributed by atoms with van der Waals surface area (Å²) in [5.41, 5.74) is 4.25. The van der Waals surface area contributed by atoms with Crippen LogP contribution < -0.4 is 4.74 Å². The molecule has 1 N–H and O–H groups in total. The predicted octanol–water partition coefficient (Wildman–Crippen LogP) is 5.77. The van der Waals surface area contributed by atoms with Gasteiger partial charge < -0.3 is 9.84 Å². The molecule has 0 saturated carbocycles. The lowest BCUT2D eigenvalue weighted by Crippen LogP contribution is -1.85. The van der Waals surface area contributed by atoms with Crippen LogP contribution in [0.5, 0.6) is 11.5 Å². The molecule has 0 amide bonds. The quantitative estimate of drug-likeness (QED) is 0.603. The fourth-order valence-electron chi connectivity index (χ4n) is 2.23. The van der Waals surface area contributed by atoms with Crippen LogP contribution in [0, 0.1) is 6.92 Å². The number of benzene rings is 2. The Kier molecular flexibility index (Phi) is 5.02. The molecule has 0 radical (unpaired) electrons. The maximum atomic E-state index is 9.85. The van der Waals surface area contributed by atoms with Crippen LogP contribution in [-0.4, -0.2) is 17.2 Å². The fraction of sp³-hybridized carbons (Fsp3) is 0.105. The Balaban J connectivity index is 1.83. The van der Waals surface area contributed by atoms with Gasteiger partial charge >= 0.3 is 0 Å². The molecule has 0 bridgehead atoms. The standard InChI is InChI=1S/C19H16BrNO2S/c1-12-3-6-14(7-4-12)16-11-24-18(21-16)8-5-13-9-15(20)19(22)17(10-13)23-2/h3-11,22H,1-2H3. The van der Waals surface area contributed by atoms with Gasteiger partial charge in [-0.05, 0) is 46.6 Å². The number of thiazole rings is 1. The topological polar surface area (TPSA) is 42.4 Å². The van der Waals surface area contributed by atoms with Crippen molar-refractivity contribution >= 4 is 39.4 Å². The molecule has 0 spiro atoms. The molecular formula is C19H16BrNO2S. The maximum Gasteiger partial charge on any atom is 0.172 e. The Hall–Kier alpha value is -2.11. The van der Waals surface area contributed by atoms with Crippen molar-refractivity contribution in [3.63, 3.8) is 0 Å². The number of aromatic hydroxyl groups is 1. The van der Waals surface area contributed by atoms with Crippen LogP contribution in [0.2, 0.25) is 0 Å². The van der Waals surface area contributed by atoms with E-state index in [2.05, 4.69) is 57.5 Å². The van der Waals surface area contributed by atoms with Crippen molar-refractivity contribution in [1.29, 1.82) is 0 Å². The van der Waals surface area contributed by atoms with E-state index in [9.17, 15) is 5.11 Å². The highest BCUT2D eigenvalue weighted by Gasteiger charge is 2.07. The van der Waals surface area contributed by atoms with Gasteiger partial charge in [-0.25, -0.2) is 4.98 Å². The normalized spacial score (nSPS) is 11.1. The molecule has 0 aliphatic carbocycles. The Bertz CT molecular complexity index is 885. The lowest BCUT2D eigenvalue weighted by Gasteiger charge is -2.06. The Morgan fingerprint density at radius 2 is 1.92 bits per heavy atom. The van der Waals surface area contributed by atoms with Gasteiger partial charge in [0, 0.05) is 10.9 Å². The van der Waals surface area contributed by atoms with Crippen molar-refractivity contribution in [2.75, 3.05) is 7.11 Å². The number of phenols is 1. The summed E-state index contributed by atoms with van der Waals surface area (Å²) in [5, 5.41) is 12.8. The monoisotopic (exact) mass is 401 g/mol. The molecule has 0 saturated heterocycles. The van der Waals surface area contributed by atoms with Gasteiger partial charge in [0.1, 0.15) is 5.01 Å². The average molecular weight is 402 g/mol. The minimum Gasteiger partial charge on any atom is -0.503 e. The summed E-state index contributed by atoms with van der Waals surface area (Å²) in [6, 6.07) is 12.0. The van der Waals surface area contributed by atoms with E-state index in [0.29, 0.717) is 10.2 Å². The molecule has 3 nitrogen and oxygen atoms in total. The second-order valence-electron chi connectivity index (χ2n) is 5.32. The number of aromatic nitrogens is 1. The van der Waals surface area contributed by atoms with Crippen LogP contribution >= 0.6 is 27.3 Å². The SMILES string of the molecule is COc1cc(C=Cc2nc(-c3ccc(C)cc3)cs2)cc(Br)c1O. The molecule has 0 aliphatic rings. The van der Waals surface area contributed by atoms with Crippen molar-refractivity contribution in [3.8, 4) is 22.8 Å². The molecule has 3 aromatic rings. The van der Waals surface area contributed by atoms with Gasteiger partial charge in [0.2, 0.25) is 0 Å². The molecule has 122 valence electrons. The molecule has 5 heteroatoms. The smallest absolute Gasteiger partial charge is 0.172 e. The molecule has 3 rings (SSSR count). The van der Waals surface area contributed by atoms with Crippen molar-refractivity contribution in [1.82, 2.24) is 4.98 Å². The highest BCUT2D eigenvalue weighted by Crippen LogP contribution is 2.35. The van der Waals surface area contributed by atoms with E-state index in [1.807, 2.05) is 18.2 Å². The average Bonchev–Trinajstić information content (AvgIpc) is 3.05. The van der Waals surface area contributed by atoms with E-state index in [-0.39, 0.29) is 5.75 Å². The zero-order valence-electron chi connectivity index (χ0n) is 13.3. The van der Waals surface area contributed by atoms with E-state index < -0.39 is 0 Å². The zero-order valence-corrected chi connectivity index (χ0v) is 15.7. The van der Waals surface area contributed by atoms with E-state index in [0.717, 1.165) is 21.8 Å². The number of hydrogen-bond donors (Lipinski definition) is 1. The summed E-state index contributed by atoms with van der Waals surface area (Å²) in [4.78, 5) is 4.65. The number of halogens is 1. The molecule has 1 aromatic heterocycles. The first kappa shape index (κ1) is 16.7. The molecule has 1 heterocycles. The van der Waals surface area contributed by atoms with Gasteiger partial charge in [-0.3, -0.25) is 0 Å². The van der Waals surface area contributed by atoms with Gasteiger partial charge in [0.25, 0.3) is 0 Å². The molecule has 0 fully saturated rings. The summed E-state index contributed by atoms with van der Waals surface area (Å²) in [7, 11) is 1.53. The van der Waals surface area contributed by atoms with Gasteiger partial charge in [0.15, 0.2) is 11.5 Å². The van der Waals surface area contributed by atoms with Crippen LogP contribution in [0.3, 0.4) is 0 Å². The third-order valence-electron chi connectivity index (χ3n) is 3.56. The van der Waals surface area contributed by atoms with Gasteiger partial charge in [-0.2, -0.15) is 0 Å². The highest BCUT2D eigenvalue weighted by atomic mass is 79.9.